The minimum Gasteiger partial charge on any atom is -0.273 e. The highest BCUT2D eigenvalue weighted by Crippen LogP contribution is 2.23. The number of carbonyl (C=O) groups is 1. The summed E-state index contributed by atoms with van der Waals surface area (Å²) >= 11 is 1.25. The van der Waals surface area contributed by atoms with Gasteiger partial charge in [-0.2, -0.15) is 0 Å². The molecule has 5 nitrogen and oxygen atoms in total. The van der Waals surface area contributed by atoms with Crippen LogP contribution >= 0.6 is 11.3 Å². The first-order valence-electron chi connectivity index (χ1n) is 7.04. The van der Waals surface area contributed by atoms with Gasteiger partial charge in [0.2, 0.25) is 0 Å². The topological polar surface area (TPSA) is 75.3 Å². The SMILES string of the molecule is O=C(NNS(=O)(=O)c1ccc2c(c1)CCCC2)c1cccs1. The molecule has 1 heterocycles. The van der Waals surface area contributed by atoms with Crippen LogP contribution in [0.15, 0.2) is 40.6 Å². The Balaban J connectivity index is 1.74. The van der Waals surface area contributed by atoms with Crippen LogP contribution in [0.4, 0.5) is 0 Å². The Hall–Kier alpha value is -1.70. The second-order valence-electron chi connectivity index (χ2n) is 5.17. The molecule has 22 heavy (non-hydrogen) atoms. The fourth-order valence-corrected chi connectivity index (χ4v) is 4.03. The van der Waals surface area contributed by atoms with Gasteiger partial charge >= 0.3 is 0 Å². The Bertz CT molecular complexity index is 783. The van der Waals surface area contributed by atoms with Gasteiger partial charge in [-0.3, -0.25) is 10.2 Å². The number of benzene rings is 1. The van der Waals surface area contributed by atoms with Gasteiger partial charge in [-0.15, -0.1) is 16.2 Å². The van der Waals surface area contributed by atoms with Crippen molar-refractivity contribution in [2.75, 3.05) is 0 Å². The zero-order valence-corrected chi connectivity index (χ0v) is 13.5. The maximum atomic E-state index is 12.3. The van der Waals surface area contributed by atoms with Crippen LogP contribution in [-0.2, 0) is 22.9 Å². The summed E-state index contributed by atoms with van der Waals surface area (Å²) in [6.07, 6.45) is 4.13. The van der Waals surface area contributed by atoms with Crippen molar-refractivity contribution in [1.82, 2.24) is 10.3 Å². The Kier molecular flexibility index (Phi) is 4.28. The molecule has 3 rings (SSSR count). The number of aryl methyl sites for hydroxylation is 2. The van der Waals surface area contributed by atoms with Crippen LogP contribution in [0.2, 0.25) is 0 Å². The Labute approximate surface area is 133 Å². The smallest absolute Gasteiger partial charge is 0.273 e. The van der Waals surface area contributed by atoms with E-state index >= 15 is 0 Å². The number of hydrogen-bond acceptors (Lipinski definition) is 4. The van der Waals surface area contributed by atoms with Crippen LogP contribution in [0, 0.1) is 0 Å². The van der Waals surface area contributed by atoms with Crippen LogP contribution in [0.1, 0.15) is 33.6 Å². The van der Waals surface area contributed by atoms with E-state index in [0.717, 1.165) is 31.2 Å². The third-order valence-corrected chi connectivity index (χ3v) is 5.79. The number of hydrogen-bond donors (Lipinski definition) is 2. The summed E-state index contributed by atoms with van der Waals surface area (Å²) in [6, 6.07) is 8.52. The minimum absolute atomic E-state index is 0.180. The van der Waals surface area contributed by atoms with Crippen LogP contribution in [0.25, 0.3) is 0 Å². The molecule has 116 valence electrons. The molecule has 1 aromatic heterocycles. The molecule has 0 saturated heterocycles. The number of nitrogens with one attached hydrogen (secondary N) is 2. The molecule has 1 amide bonds. The molecular formula is C15H16N2O3S2. The maximum Gasteiger partial charge on any atom is 0.276 e. The van der Waals surface area contributed by atoms with Gasteiger partial charge in [0.1, 0.15) is 0 Å². The first-order chi connectivity index (χ1) is 10.6. The number of rotatable bonds is 4. The summed E-state index contributed by atoms with van der Waals surface area (Å²) < 4.78 is 24.5. The van der Waals surface area contributed by atoms with Gasteiger partial charge in [-0.1, -0.05) is 12.1 Å². The molecule has 0 fully saturated rings. The van der Waals surface area contributed by atoms with Crippen LogP contribution < -0.4 is 10.3 Å². The monoisotopic (exact) mass is 336 g/mol. The van der Waals surface area contributed by atoms with E-state index in [-0.39, 0.29) is 4.90 Å². The molecule has 1 aliphatic rings. The van der Waals surface area contributed by atoms with E-state index in [1.807, 2.05) is 6.07 Å². The van der Waals surface area contributed by atoms with E-state index in [9.17, 15) is 13.2 Å². The number of hydrazine groups is 1. The second kappa shape index (κ2) is 6.20. The Morgan fingerprint density at radius 3 is 2.59 bits per heavy atom. The lowest BCUT2D eigenvalue weighted by Crippen LogP contribution is -2.41. The lowest BCUT2D eigenvalue weighted by Gasteiger charge is -2.16. The van der Waals surface area contributed by atoms with Crippen molar-refractivity contribution in [2.24, 2.45) is 0 Å². The number of sulfonamides is 1. The van der Waals surface area contributed by atoms with Crippen LogP contribution in [0.5, 0.6) is 0 Å². The molecule has 0 unspecified atom stereocenters. The highest BCUT2D eigenvalue weighted by atomic mass is 32.2. The third kappa shape index (κ3) is 3.21. The van der Waals surface area contributed by atoms with Gasteiger partial charge in [0, 0.05) is 0 Å². The number of thiophene rings is 1. The lowest BCUT2D eigenvalue weighted by molar-refractivity contribution is 0.0949. The molecule has 1 aliphatic carbocycles. The zero-order valence-electron chi connectivity index (χ0n) is 11.8. The summed E-state index contributed by atoms with van der Waals surface area (Å²) in [5.41, 5.74) is 4.54. The minimum atomic E-state index is -3.76. The molecule has 0 aliphatic heterocycles. The first-order valence-corrected chi connectivity index (χ1v) is 9.40. The molecule has 0 saturated carbocycles. The lowest BCUT2D eigenvalue weighted by atomic mass is 9.92. The Morgan fingerprint density at radius 2 is 1.86 bits per heavy atom. The summed E-state index contributed by atoms with van der Waals surface area (Å²) in [4.78, 5) is 14.6. The van der Waals surface area contributed by atoms with Crippen molar-refractivity contribution in [3.63, 3.8) is 0 Å². The standard InChI is InChI=1S/C15H16N2O3S2/c18-15(14-6-3-9-21-14)16-17-22(19,20)13-8-7-11-4-1-2-5-12(11)10-13/h3,6-10,17H,1-2,4-5H2,(H,16,18). The molecule has 2 aromatic rings. The molecule has 1 aromatic carbocycles. The number of amides is 1. The molecule has 0 bridgehead atoms. The average molecular weight is 336 g/mol. The highest BCUT2D eigenvalue weighted by Gasteiger charge is 2.18. The fourth-order valence-electron chi connectivity index (χ4n) is 2.52. The summed E-state index contributed by atoms with van der Waals surface area (Å²) in [5, 5.41) is 1.76. The van der Waals surface area contributed by atoms with E-state index in [1.165, 1.54) is 16.9 Å². The van der Waals surface area contributed by atoms with Crippen molar-refractivity contribution in [1.29, 1.82) is 0 Å². The highest BCUT2D eigenvalue weighted by molar-refractivity contribution is 7.89. The summed E-state index contributed by atoms with van der Waals surface area (Å²) in [7, 11) is -3.76. The van der Waals surface area contributed by atoms with E-state index < -0.39 is 15.9 Å². The van der Waals surface area contributed by atoms with E-state index in [1.54, 1.807) is 29.6 Å². The van der Waals surface area contributed by atoms with E-state index in [2.05, 4.69) is 10.3 Å². The fraction of sp³-hybridized carbons (Fsp3) is 0.267. The third-order valence-electron chi connectivity index (χ3n) is 3.67. The van der Waals surface area contributed by atoms with Crippen molar-refractivity contribution < 1.29 is 13.2 Å². The van der Waals surface area contributed by atoms with Crippen molar-refractivity contribution in [2.45, 2.75) is 30.6 Å². The molecule has 2 N–H and O–H groups in total. The van der Waals surface area contributed by atoms with Crippen molar-refractivity contribution in [3.8, 4) is 0 Å². The van der Waals surface area contributed by atoms with Crippen molar-refractivity contribution in [3.05, 3.63) is 51.7 Å². The maximum absolute atomic E-state index is 12.3. The van der Waals surface area contributed by atoms with E-state index in [0.29, 0.717) is 4.88 Å². The molecular weight excluding hydrogens is 320 g/mol. The van der Waals surface area contributed by atoms with Gasteiger partial charge in [0.15, 0.2) is 0 Å². The van der Waals surface area contributed by atoms with Crippen LogP contribution in [0.3, 0.4) is 0 Å². The van der Waals surface area contributed by atoms with Gasteiger partial charge in [-0.25, -0.2) is 8.42 Å². The first kappa shape index (κ1) is 15.2. The van der Waals surface area contributed by atoms with Gasteiger partial charge < -0.3 is 0 Å². The molecule has 7 heteroatoms. The van der Waals surface area contributed by atoms with Gasteiger partial charge in [0.25, 0.3) is 15.9 Å². The summed E-state index contributed by atoms with van der Waals surface area (Å²) in [5.74, 6) is -0.462. The average Bonchev–Trinajstić information content (AvgIpc) is 3.07. The van der Waals surface area contributed by atoms with Gasteiger partial charge in [-0.05, 0) is 60.4 Å². The quantitative estimate of drug-likeness (QED) is 0.841. The number of carbonyl (C=O) groups excluding carboxylic acids is 1. The summed E-state index contributed by atoms with van der Waals surface area (Å²) in [6.45, 7) is 0. The van der Waals surface area contributed by atoms with Crippen LogP contribution in [-0.4, -0.2) is 14.3 Å². The largest absolute Gasteiger partial charge is 0.276 e. The van der Waals surface area contributed by atoms with E-state index in [4.69, 9.17) is 0 Å². The van der Waals surface area contributed by atoms with Gasteiger partial charge in [0.05, 0.1) is 9.77 Å². The Morgan fingerprint density at radius 1 is 1.09 bits per heavy atom. The molecule has 0 spiro atoms. The second-order valence-corrected chi connectivity index (χ2v) is 7.80. The molecule has 0 radical (unpaired) electrons. The predicted octanol–water partition coefficient (Wildman–Crippen LogP) is 2.25. The number of fused-ring (bicyclic) bond motifs is 1. The zero-order chi connectivity index (χ0) is 15.6. The molecule has 0 atom stereocenters. The normalized spacial score (nSPS) is 14.4. The van der Waals surface area contributed by atoms with Crippen molar-refractivity contribution >= 4 is 27.3 Å². The predicted molar refractivity (Wildman–Crippen MR) is 85.2 cm³/mol.